The van der Waals surface area contributed by atoms with Crippen LogP contribution < -0.4 is 5.73 Å². The molecular formula is C11H9ClN2O2. The number of benzene rings is 1. The van der Waals surface area contributed by atoms with E-state index in [1.54, 1.807) is 12.1 Å². The first-order chi connectivity index (χ1) is 7.59. The fraction of sp³-hybridized carbons (Fsp3) is 0.182. The van der Waals surface area contributed by atoms with Crippen molar-refractivity contribution in [3.8, 4) is 0 Å². The van der Waals surface area contributed by atoms with Crippen LogP contribution in [0.5, 0.6) is 0 Å². The van der Waals surface area contributed by atoms with Crippen molar-refractivity contribution in [1.82, 2.24) is 0 Å². The second-order valence-corrected chi connectivity index (χ2v) is 3.89. The lowest BCUT2D eigenvalue weighted by Crippen LogP contribution is -2.30. The number of carboxylic acids is 1. The summed E-state index contributed by atoms with van der Waals surface area (Å²) in [7, 11) is 0. The third-order valence-electron chi connectivity index (χ3n) is 2.36. The van der Waals surface area contributed by atoms with E-state index in [-0.39, 0.29) is 6.42 Å². The van der Waals surface area contributed by atoms with Crippen LogP contribution in [0.3, 0.4) is 0 Å². The monoisotopic (exact) mass is 236 g/mol. The molecule has 0 aliphatic carbocycles. The fourth-order valence-electron chi connectivity index (χ4n) is 1.52. The lowest BCUT2D eigenvalue weighted by molar-refractivity contribution is -0.138. The van der Waals surface area contributed by atoms with E-state index in [0.29, 0.717) is 16.3 Å². The number of aliphatic imine (C=N–C) groups is 1. The maximum absolute atomic E-state index is 10.6. The van der Waals surface area contributed by atoms with Gasteiger partial charge in [-0.15, -0.1) is 0 Å². The van der Waals surface area contributed by atoms with E-state index < -0.39 is 12.0 Å². The van der Waals surface area contributed by atoms with Crippen molar-refractivity contribution < 1.29 is 9.90 Å². The molecule has 0 radical (unpaired) electrons. The summed E-state index contributed by atoms with van der Waals surface area (Å²) in [6, 6.07) is 4.40. The molecule has 1 unspecified atom stereocenters. The van der Waals surface area contributed by atoms with Gasteiger partial charge in [-0.2, -0.15) is 0 Å². The third kappa shape index (κ3) is 1.86. The topological polar surface area (TPSA) is 75.7 Å². The van der Waals surface area contributed by atoms with Crippen LogP contribution in [0.25, 0.3) is 5.57 Å². The minimum absolute atomic E-state index is 0.201. The Morgan fingerprint density at radius 3 is 3.06 bits per heavy atom. The first-order valence-corrected chi connectivity index (χ1v) is 5.07. The molecular weight excluding hydrogens is 228 g/mol. The number of rotatable bonds is 3. The van der Waals surface area contributed by atoms with Crippen molar-refractivity contribution in [2.24, 2.45) is 10.7 Å². The smallest absolute Gasteiger partial charge is 0.320 e. The highest BCUT2D eigenvalue weighted by Crippen LogP contribution is 2.37. The molecule has 82 valence electrons. The normalized spacial score (nSPS) is 14.5. The van der Waals surface area contributed by atoms with E-state index in [4.69, 9.17) is 22.4 Å². The number of aliphatic carboxylic acids is 1. The molecule has 1 atom stereocenters. The molecule has 1 aliphatic heterocycles. The van der Waals surface area contributed by atoms with E-state index in [2.05, 4.69) is 10.9 Å². The van der Waals surface area contributed by atoms with Crippen molar-refractivity contribution in [1.29, 1.82) is 0 Å². The van der Waals surface area contributed by atoms with Crippen LogP contribution in [0.15, 0.2) is 23.2 Å². The summed E-state index contributed by atoms with van der Waals surface area (Å²) in [5.41, 5.74) is 7.59. The van der Waals surface area contributed by atoms with Gasteiger partial charge in [0.15, 0.2) is 0 Å². The van der Waals surface area contributed by atoms with Crippen molar-refractivity contribution in [3.05, 3.63) is 28.8 Å². The lowest BCUT2D eigenvalue weighted by Gasteiger charge is -2.07. The summed E-state index contributed by atoms with van der Waals surface area (Å²) in [6.45, 7) is 0. The number of carbonyl (C=O) groups is 1. The summed E-state index contributed by atoms with van der Waals surface area (Å²) >= 11 is 5.94. The van der Waals surface area contributed by atoms with Crippen LogP contribution in [-0.2, 0) is 4.79 Å². The Morgan fingerprint density at radius 1 is 1.62 bits per heavy atom. The highest BCUT2D eigenvalue weighted by molar-refractivity contribution is 6.34. The zero-order valence-electron chi connectivity index (χ0n) is 8.27. The van der Waals surface area contributed by atoms with Crippen LogP contribution in [-0.4, -0.2) is 23.0 Å². The molecule has 0 amide bonds. The predicted molar refractivity (Wildman–Crippen MR) is 62.2 cm³/mol. The molecule has 4 nitrogen and oxygen atoms in total. The van der Waals surface area contributed by atoms with Crippen molar-refractivity contribution in [2.75, 3.05) is 0 Å². The van der Waals surface area contributed by atoms with Gasteiger partial charge in [-0.3, -0.25) is 4.79 Å². The molecule has 1 aromatic rings. The second kappa shape index (κ2) is 4.10. The first-order valence-electron chi connectivity index (χ1n) is 4.69. The Kier molecular flexibility index (Phi) is 2.79. The molecule has 0 saturated carbocycles. The lowest BCUT2D eigenvalue weighted by atomic mass is 10.0. The molecule has 0 bridgehead atoms. The molecule has 0 saturated heterocycles. The number of halogens is 1. The van der Waals surface area contributed by atoms with Crippen molar-refractivity contribution >= 4 is 34.7 Å². The minimum atomic E-state index is -1.04. The van der Waals surface area contributed by atoms with Crippen molar-refractivity contribution in [3.63, 3.8) is 0 Å². The molecule has 3 N–H and O–H groups in total. The van der Waals surface area contributed by atoms with Crippen LogP contribution in [0.1, 0.15) is 12.0 Å². The van der Waals surface area contributed by atoms with Gasteiger partial charge >= 0.3 is 5.97 Å². The van der Waals surface area contributed by atoms with Crippen molar-refractivity contribution in [2.45, 2.75) is 12.5 Å². The largest absolute Gasteiger partial charge is 0.480 e. The van der Waals surface area contributed by atoms with Gasteiger partial charge in [-0.1, -0.05) is 23.7 Å². The first kappa shape index (κ1) is 10.9. The Bertz CT molecular complexity index is 519. The molecule has 1 heterocycles. The molecule has 0 spiro atoms. The summed E-state index contributed by atoms with van der Waals surface area (Å²) in [5, 5.41) is 9.25. The zero-order valence-corrected chi connectivity index (χ0v) is 9.03. The Morgan fingerprint density at radius 2 is 2.38 bits per heavy atom. The quantitative estimate of drug-likeness (QED) is 0.841. The second-order valence-electron chi connectivity index (χ2n) is 3.49. The molecule has 1 aromatic carbocycles. The summed E-state index contributed by atoms with van der Waals surface area (Å²) in [6.07, 6.45) is 0.201. The average Bonchev–Trinajstić information content (AvgIpc) is 2.63. The molecule has 1 aliphatic rings. The van der Waals surface area contributed by atoms with Gasteiger partial charge in [0.05, 0.1) is 10.7 Å². The van der Waals surface area contributed by atoms with Crippen LogP contribution in [0.4, 0.5) is 5.69 Å². The highest BCUT2D eigenvalue weighted by Gasteiger charge is 2.20. The fourth-order valence-corrected chi connectivity index (χ4v) is 1.74. The van der Waals surface area contributed by atoms with E-state index in [0.717, 1.165) is 5.56 Å². The molecule has 0 fully saturated rings. The van der Waals surface area contributed by atoms with E-state index >= 15 is 0 Å². The maximum atomic E-state index is 10.6. The van der Waals surface area contributed by atoms with E-state index in [1.807, 2.05) is 6.07 Å². The Balaban J connectivity index is 2.27. The van der Waals surface area contributed by atoms with E-state index in [1.165, 1.54) is 0 Å². The number of hydrogen-bond donors (Lipinski definition) is 2. The maximum Gasteiger partial charge on any atom is 0.320 e. The summed E-state index contributed by atoms with van der Waals surface area (Å²) < 4.78 is 0. The molecule has 5 heteroatoms. The van der Waals surface area contributed by atoms with Gasteiger partial charge in [0.2, 0.25) is 0 Å². The molecule has 16 heavy (non-hydrogen) atoms. The number of nitrogens with zero attached hydrogens (tertiary/aromatic N) is 1. The van der Waals surface area contributed by atoms with Crippen LogP contribution >= 0.6 is 11.6 Å². The number of para-hydroxylation sites is 1. The van der Waals surface area contributed by atoms with Gasteiger partial charge in [0.1, 0.15) is 6.04 Å². The van der Waals surface area contributed by atoms with Gasteiger partial charge in [0, 0.05) is 17.6 Å². The summed E-state index contributed by atoms with van der Waals surface area (Å²) in [5.74, 6) is 1.73. The van der Waals surface area contributed by atoms with Gasteiger partial charge in [0.25, 0.3) is 0 Å². The highest BCUT2D eigenvalue weighted by atomic mass is 35.5. The Labute approximate surface area is 97.1 Å². The Hall–Kier alpha value is -1.61. The van der Waals surface area contributed by atoms with Gasteiger partial charge < -0.3 is 10.8 Å². The number of fused-ring (bicyclic) bond motifs is 1. The van der Waals surface area contributed by atoms with E-state index in [9.17, 15) is 4.79 Å². The molecule has 0 aromatic heterocycles. The zero-order chi connectivity index (χ0) is 11.7. The number of hydrogen-bond acceptors (Lipinski definition) is 3. The standard InChI is InChI=1S/C11H9ClN2O2/c12-8-3-1-2-7-6(5-14-10(7)8)4-9(13)11(15)16/h1-3,9H,4,13H2,(H,15,16). The van der Waals surface area contributed by atoms with Gasteiger partial charge in [-0.05, 0) is 11.9 Å². The van der Waals surface area contributed by atoms with Crippen LogP contribution in [0.2, 0.25) is 5.02 Å². The molecule has 2 rings (SSSR count). The average molecular weight is 237 g/mol. The predicted octanol–water partition coefficient (Wildman–Crippen LogP) is 1.84. The third-order valence-corrected chi connectivity index (χ3v) is 2.66. The number of nitrogens with two attached hydrogens (primary N) is 1. The van der Waals surface area contributed by atoms with Gasteiger partial charge in [-0.25, -0.2) is 4.99 Å². The summed E-state index contributed by atoms with van der Waals surface area (Å²) in [4.78, 5) is 14.7. The SMILES string of the molecule is NC(CC1=C=Nc2c(Cl)cccc21)C(=O)O. The number of carboxylic acid groups (broad SMARTS) is 1. The minimum Gasteiger partial charge on any atom is -0.480 e. The van der Waals surface area contributed by atoms with Crippen LogP contribution in [0, 0.1) is 0 Å².